The molecule has 1 aliphatic carbocycles. The molecule has 1 aliphatic heterocycles. The maximum Gasteiger partial charge on any atom is 0.274 e. The number of carbonyl (C=O) groups excluding carboxylic acids is 1. The lowest BCUT2D eigenvalue weighted by Crippen LogP contribution is -2.36. The van der Waals surface area contributed by atoms with Gasteiger partial charge in [0, 0.05) is 36.9 Å². The van der Waals surface area contributed by atoms with Crippen molar-refractivity contribution >= 4 is 5.91 Å². The summed E-state index contributed by atoms with van der Waals surface area (Å²) in [4.78, 5) is 15.3. The van der Waals surface area contributed by atoms with Crippen molar-refractivity contribution in [3.05, 3.63) is 65.0 Å². The number of rotatable bonds is 6. The van der Waals surface area contributed by atoms with E-state index in [0.29, 0.717) is 30.8 Å². The Balaban J connectivity index is 1.51. The fourth-order valence-corrected chi connectivity index (χ4v) is 4.64. The first-order valence-electron chi connectivity index (χ1n) is 11.2. The molecule has 0 bridgehead atoms. The van der Waals surface area contributed by atoms with E-state index in [1.54, 1.807) is 12.1 Å². The Morgan fingerprint density at radius 1 is 1.19 bits per heavy atom. The van der Waals surface area contributed by atoms with Gasteiger partial charge in [-0.15, -0.1) is 6.58 Å². The highest BCUT2D eigenvalue weighted by molar-refractivity contribution is 5.94. The molecule has 1 saturated heterocycles. The summed E-state index contributed by atoms with van der Waals surface area (Å²) in [5.74, 6) is -1.64. The van der Waals surface area contributed by atoms with E-state index < -0.39 is 11.6 Å². The van der Waals surface area contributed by atoms with Crippen LogP contribution in [0.2, 0.25) is 0 Å². The molecular weight excluding hydrogens is 398 g/mol. The summed E-state index contributed by atoms with van der Waals surface area (Å²) in [6.45, 7) is 6.45. The molecule has 166 valence electrons. The molecule has 4 rings (SSSR count). The maximum atomic E-state index is 13.5. The minimum Gasteiger partial charge on any atom is -0.337 e. The van der Waals surface area contributed by atoms with E-state index in [1.807, 2.05) is 9.58 Å². The molecule has 2 aliphatic rings. The summed E-state index contributed by atoms with van der Waals surface area (Å²) in [6, 6.07) is 4.13. The highest BCUT2D eigenvalue weighted by atomic mass is 19.2. The number of carbonyl (C=O) groups is 1. The van der Waals surface area contributed by atoms with Crippen molar-refractivity contribution in [1.82, 2.24) is 20.0 Å². The first-order chi connectivity index (χ1) is 15.1. The van der Waals surface area contributed by atoms with Crippen molar-refractivity contribution in [3.63, 3.8) is 0 Å². The van der Waals surface area contributed by atoms with Gasteiger partial charge in [-0.05, 0) is 49.8 Å². The number of hydrogen-bond donors (Lipinski definition) is 1. The number of likely N-dealkylation sites (tertiary alicyclic amines) is 1. The Morgan fingerprint density at radius 2 is 1.97 bits per heavy atom. The number of nitrogens with zero attached hydrogens (tertiary/aromatic N) is 3. The smallest absolute Gasteiger partial charge is 0.274 e. The molecule has 1 unspecified atom stereocenters. The van der Waals surface area contributed by atoms with Gasteiger partial charge in [-0.3, -0.25) is 9.48 Å². The van der Waals surface area contributed by atoms with E-state index in [0.717, 1.165) is 56.1 Å². The molecule has 1 aromatic heterocycles. The first kappa shape index (κ1) is 21.7. The third-order valence-electron chi connectivity index (χ3n) is 6.32. The fourth-order valence-electron chi connectivity index (χ4n) is 4.64. The predicted octanol–water partition coefficient (Wildman–Crippen LogP) is 4.01. The van der Waals surface area contributed by atoms with Crippen LogP contribution in [0.5, 0.6) is 0 Å². The summed E-state index contributed by atoms with van der Waals surface area (Å²) in [5, 5.41) is 8.15. The number of benzene rings is 1. The molecule has 31 heavy (non-hydrogen) atoms. The molecule has 1 N–H and O–H groups in total. The third kappa shape index (κ3) is 4.87. The van der Waals surface area contributed by atoms with Crippen molar-refractivity contribution in [1.29, 1.82) is 0 Å². The van der Waals surface area contributed by atoms with E-state index in [9.17, 15) is 13.6 Å². The minimum absolute atomic E-state index is 0.0298. The molecule has 5 nitrogen and oxygen atoms in total. The Labute approximate surface area is 182 Å². The Bertz CT molecular complexity index is 947. The molecule has 1 aromatic carbocycles. The van der Waals surface area contributed by atoms with Gasteiger partial charge in [-0.1, -0.05) is 25.0 Å². The van der Waals surface area contributed by atoms with Gasteiger partial charge in [-0.25, -0.2) is 8.78 Å². The van der Waals surface area contributed by atoms with Crippen LogP contribution in [0, 0.1) is 11.6 Å². The lowest BCUT2D eigenvalue weighted by atomic mass is 9.90. The number of allylic oxidation sites excluding steroid dienone is 1. The molecule has 7 heteroatoms. The number of fused-ring (bicyclic) bond motifs is 1. The second-order valence-corrected chi connectivity index (χ2v) is 8.52. The highest BCUT2D eigenvalue weighted by Gasteiger charge is 2.31. The van der Waals surface area contributed by atoms with Gasteiger partial charge in [0.1, 0.15) is 0 Å². The van der Waals surface area contributed by atoms with Crippen LogP contribution >= 0.6 is 0 Å². The second-order valence-electron chi connectivity index (χ2n) is 8.52. The number of nitrogens with one attached hydrogen (secondary N) is 1. The molecule has 0 radical (unpaired) electrons. The van der Waals surface area contributed by atoms with Crippen LogP contribution < -0.4 is 5.32 Å². The first-order valence-corrected chi connectivity index (χ1v) is 11.2. The fraction of sp³-hybridized carbons (Fsp3) is 0.500. The lowest BCUT2D eigenvalue weighted by Gasteiger charge is -2.25. The van der Waals surface area contributed by atoms with Crippen LogP contribution in [-0.4, -0.2) is 39.7 Å². The Kier molecular flexibility index (Phi) is 6.80. The van der Waals surface area contributed by atoms with Gasteiger partial charge >= 0.3 is 0 Å². The lowest BCUT2D eigenvalue weighted by molar-refractivity contribution is 0.0753. The summed E-state index contributed by atoms with van der Waals surface area (Å²) in [6.07, 6.45) is 8.65. The number of aromatic nitrogens is 2. The average Bonchev–Trinajstić information content (AvgIpc) is 2.93. The van der Waals surface area contributed by atoms with Crippen LogP contribution in [-0.2, 0) is 25.9 Å². The van der Waals surface area contributed by atoms with Crippen molar-refractivity contribution < 1.29 is 13.6 Å². The summed E-state index contributed by atoms with van der Waals surface area (Å²) in [7, 11) is 0. The highest BCUT2D eigenvalue weighted by Crippen LogP contribution is 2.27. The number of amides is 1. The van der Waals surface area contributed by atoms with Gasteiger partial charge in [0.05, 0.1) is 6.54 Å². The molecule has 2 aromatic rings. The van der Waals surface area contributed by atoms with Crippen molar-refractivity contribution in [2.45, 2.75) is 64.1 Å². The summed E-state index contributed by atoms with van der Waals surface area (Å²) < 4.78 is 28.6. The standard InChI is InChI=1S/C24H30F2N4O/c1-2-11-30-22-10-8-18(27-16-17-7-9-20(25)21(26)14-17)15-19(22)23(28-30)24(31)29-12-5-3-4-6-13-29/h2,7,9,14,18,27H,1,3-6,8,10-13,15-16H2. The Morgan fingerprint density at radius 3 is 2.68 bits per heavy atom. The largest absolute Gasteiger partial charge is 0.337 e. The quantitative estimate of drug-likeness (QED) is 0.708. The van der Waals surface area contributed by atoms with Crippen LogP contribution in [0.1, 0.15) is 59.4 Å². The van der Waals surface area contributed by atoms with Gasteiger partial charge in [0.2, 0.25) is 0 Å². The molecular formula is C24H30F2N4O. The molecule has 0 saturated carbocycles. The topological polar surface area (TPSA) is 50.2 Å². The molecule has 0 spiro atoms. The predicted molar refractivity (Wildman–Crippen MR) is 116 cm³/mol. The SMILES string of the molecule is C=CCn1nc(C(=O)N2CCCCCC2)c2c1CCC(NCc1ccc(F)c(F)c1)C2. The molecule has 2 heterocycles. The average molecular weight is 429 g/mol. The second kappa shape index (κ2) is 9.73. The Hall–Kier alpha value is -2.54. The summed E-state index contributed by atoms with van der Waals surface area (Å²) in [5.41, 5.74) is 3.40. The van der Waals surface area contributed by atoms with Gasteiger partial charge in [-0.2, -0.15) is 5.10 Å². The van der Waals surface area contributed by atoms with Crippen LogP contribution in [0.3, 0.4) is 0 Å². The van der Waals surface area contributed by atoms with Crippen LogP contribution in [0.25, 0.3) is 0 Å². The van der Waals surface area contributed by atoms with Gasteiger partial charge in [0.15, 0.2) is 17.3 Å². The maximum absolute atomic E-state index is 13.5. The van der Waals surface area contributed by atoms with Crippen molar-refractivity contribution in [3.8, 4) is 0 Å². The molecule has 1 amide bonds. The molecule has 1 fully saturated rings. The van der Waals surface area contributed by atoms with E-state index in [4.69, 9.17) is 5.10 Å². The third-order valence-corrected chi connectivity index (χ3v) is 6.32. The zero-order valence-corrected chi connectivity index (χ0v) is 17.9. The van der Waals surface area contributed by atoms with Crippen molar-refractivity contribution in [2.75, 3.05) is 13.1 Å². The zero-order chi connectivity index (χ0) is 21.8. The summed E-state index contributed by atoms with van der Waals surface area (Å²) >= 11 is 0. The number of hydrogen-bond acceptors (Lipinski definition) is 3. The monoisotopic (exact) mass is 428 g/mol. The van der Waals surface area contributed by atoms with E-state index in [1.165, 1.54) is 18.9 Å². The van der Waals surface area contributed by atoms with Gasteiger partial charge in [0.25, 0.3) is 5.91 Å². The van der Waals surface area contributed by atoms with Gasteiger partial charge < -0.3 is 10.2 Å². The van der Waals surface area contributed by atoms with Crippen molar-refractivity contribution in [2.24, 2.45) is 0 Å². The van der Waals surface area contributed by atoms with E-state index in [-0.39, 0.29) is 11.9 Å². The number of halogens is 2. The van der Waals surface area contributed by atoms with E-state index in [2.05, 4.69) is 11.9 Å². The zero-order valence-electron chi connectivity index (χ0n) is 17.9. The van der Waals surface area contributed by atoms with Crippen LogP contribution in [0.4, 0.5) is 8.78 Å². The van der Waals surface area contributed by atoms with E-state index >= 15 is 0 Å². The van der Waals surface area contributed by atoms with Crippen LogP contribution in [0.15, 0.2) is 30.9 Å². The minimum atomic E-state index is -0.836. The normalized spacial score (nSPS) is 19.0. The molecule has 1 atom stereocenters.